The van der Waals surface area contributed by atoms with Crippen LogP contribution >= 0.6 is 23.1 Å². The maximum atomic E-state index is 12.4. The number of hydrogen-bond donors (Lipinski definition) is 1. The fourth-order valence-corrected chi connectivity index (χ4v) is 4.27. The second-order valence-corrected chi connectivity index (χ2v) is 7.82. The largest absolute Gasteiger partial charge is 0.496 e. The van der Waals surface area contributed by atoms with Gasteiger partial charge in [-0.3, -0.25) is 4.79 Å². The van der Waals surface area contributed by atoms with Gasteiger partial charge in [-0.1, -0.05) is 20.8 Å². The van der Waals surface area contributed by atoms with E-state index in [2.05, 4.69) is 26.1 Å². The number of rotatable bonds is 5. The molecule has 0 fully saturated rings. The molecular weight excluding hydrogens is 302 g/mol. The molecule has 0 aliphatic carbocycles. The lowest BCUT2D eigenvalue weighted by molar-refractivity contribution is -0.112. The van der Waals surface area contributed by atoms with Crippen molar-refractivity contribution in [2.75, 3.05) is 17.7 Å². The Morgan fingerprint density at radius 3 is 2.86 bits per heavy atom. The summed E-state index contributed by atoms with van der Waals surface area (Å²) in [6, 6.07) is 2.00. The first-order valence-electron chi connectivity index (χ1n) is 7.34. The average Bonchev–Trinajstić information content (AvgIpc) is 2.86. The van der Waals surface area contributed by atoms with Crippen LogP contribution in [0.25, 0.3) is 0 Å². The average molecular weight is 325 g/mol. The second-order valence-electron chi connectivity index (χ2n) is 5.77. The number of carbonyl (C=O) groups excluding carboxylic acids is 1. The Bertz CT molecular complexity index is 534. The molecule has 21 heavy (non-hydrogen) atoms. The Morgan fingerprint density at radius 1 is 1.43 bits per heavy atom. The zero-order chi connectivity index (χ0) is 15.4. The van der Waals surface area contributed by atoms with E-state index in [-0.39, 0.29) is 5.91 Å². The SMILES string of the molecule is CC1=C(C(=O)Nc2ccsc2C(C)CC(C)C)SCCO1. The lowest BCUT2D eigenvalue weighted by Crippen LogP contribution is -2.19. The second kappa shape index (κ2) is 7.36. The predicted molar refractivity (Wildman–Crippen MR) is 91.9 cm³/mol. The van der Waals surface area contributed by atoms with Gasteiger partial charge in [0, 0.05) is 10.6 Å². The minimum atomic E-state index is -0.0476. The smallest absolute Gasteiger partial charge is 0.265 e. The Hall–Kier alpha value is -0.940. The van der Waals surface area contributed by atoms with Crippen molar-refractivity contribution in [1.29, 1.82) is 0 Å². The van der Waals surface area contributed by atoms with Crippen molar-refractivity contribution in [2.45, 2.75) is 40.0 Å². The molecule has 1 aromatic rings. The highest BCUT2D eigenvalue weighted by Crippen LogP contribution is 2.35. The molecule has 0 radical (unpaired) electrons. The van der Waals surface area contributed by atoms with Gasteiger partial charge < -0.3 is 10.1 Å². The van der Waals surface area contributed by atoms with Crippen LogP contribution in [0.1, 0.15) is 44.9 Å². The maximum Gasteiger partial charge on any atom is 0.265 e. The molecular formula is C16H23NO2S2. The molecule has 1 aliphatic heterocycles. The Morgan fingerprint density at radius 2 is 2.19 bits per heavy atom. The van der Waals surface area contributed by atoms with E-state index in [1.165, 1.54) is 4.88 Å². The first-order chi connectivity index (χ1) is 9.99. The van der Waals surface area contributed by atoms with Crippen LogP contribution in [-0.4, -0.2) is 18.3 Å². The topological polar surface area (TPSA) is 38.3 Å². The van der Waals surface area contributed by atoms with Crippen LogP contribution in [-0.2, 0) is 9.53 Å². The van der Waals surface area contributed by atoms with Crippen molar-refractivity contribution >= 4 is 34.7 Å². The van der Waals surface area contributed by atoms with E-state index in [0.29, 0.717) is 23.3 Å². The van der Waals surface area contributed by atoms with Gasteiger partial charge in [-0.15, -0.1) is 23.1 Å². The quantitative estimate of drug-likeness (QED) is 0.842. The summed E-state index contributed by atoms with van der Waals surface area (Å²) in [7, 11) is 0. The molecule has 5 heteroatoms. The molecule has 2 rings (SSSR count). The summed E-state index contributed by atoms with van der Waals surface area (Å²) >= 11 is 3.29. The molecule has 1 unspecified atom stereocenters. The molecule has 3 nitrogen and oxygen atoms in total. The Balaban J connectivity index is 2.10. The highest BCUT2D eigenvalue weighted by Gasteiger charge is 2.21. The van der Waals surface area contributed by atoms with E-state index >= 15 is 0 Å². The first-order valence-corrected chi connectivity index (χ1v) is 9.20. The van der Waals surface area contributed by atoms with Gasteiger partial charge in [0.25, 0.3) is 5.91 Å². The van der Waals surface area contributed by atoms with Gasteiger partial charge in [-0.2, -0.15) is 0 Å². The van der Waals surface area contributed by atoms with Crippen LogP contribution in [0.5, 0.6) is 0 Å². The van der Waals surface area contributed by atoms with Crippen molar-refractivity contribution in [2.24, 2.45) is 5.92 Å². The van der Waals surface area contributed by atoms with Crippen LogP contribution in [0, 0.1) is 5.92 Å². The van der Waals surface area contributed by atoms with E-state index in [4.69, 9.17) is 4.74 Å². The standard InChI is InChI=1S/C16H23NO2S2/c1-10(2)9-11(3)14-13(5-7-20-14)17-16(18)15-12(4)19-6-8-21-15/h5,7,10-11H,6,8-9H2,1-4H3,(H,17,18). The van der Waals surface area contributed by atoms with Gasteiger partial charge in [-0.25, -0.2) is 0 Å². The predicted octanol–water partition coefficient (Wildman–Crippen LogP) is 4.83. The molecule has 1 aliphatic rings. The zero-order valence-electron chi connectivity index (χ0n) is 13.1. The van der Waals surface area contributed by atoms with Gasteiger partial charge in [0.1, 0.15) is 10.7 Å². The fraction of sp³-hybridized carbons (Fsp3) is 0.562. The summed E-state index contributed by atoms with van der Waals surface area (Å²) in [6.07, 6.45) is 1.13. The molecule has 0 saturated heterocycles. The number of carbonyl (C=O) groups is 1. The molecule has 1 N–H and O–H groups in total. The Kier molecular flexibility index (Phi) is 5.76. The maximum absolute atomic E-state index is 12.4. The number of hydrogen-bond acceptors (Lipinski definition) is 4. The normalized spacial score (nSPS) is 16.8. The number of nitrogens with one attached hydrogen (secondary N) is 1. The monoisotopic (exact) mass is 325 g/mol. The third-order valence-electron chi connectivity index (χ3n) is 3.39. The van der Waals surface area contributed by atoms with E-state index < -0.39 is 0 Å². The third kappa shape index (κ3) is 4.27. The fourth-order valence-electron chi connectivity index (χ4n) is 2.53. The van der Waals surface area contributed by atoms with Crippen molar-refractivity contribution in [1.82, 2.24) is 0 Å². The molecule has 116 valence electrons. The number of anilines is 1. The molecule has 1 atom stereocenters. The van der Waals surface area contributed by atoms with Crippen molar-refractivity contribution in [3.05, 3.63) is 27.0 Å². The number of thioether (sulfide) groups is 1. The van der Waals surface area contributed by atoms with Crippen LogP contribution in [0.3, 0.4) is 0 Å². The molecule has 2 heterocycles. The van der Waals surface area contributed by atoms with Crippen LogP contribution in [0.4, 0.5) is 5.69 Å². The number of ether oxygens (including phenoxy) is 1. The van der Waals surface area contributed by atoms with E-state index in [1.54, 1.807) is 23.1 Å². The van der Waals surface area contributed by atoms with Gasteiger partial charge >= 0.3 is 0 Å². The van der Waals surface area contributed by atoms with E-state index in [0.717, 1.165) is 23.6 Å². The minimum absolute atomic E-state index is 0.0476. The van der Waals surface area contributed by atoms with Crippen molar-refractivity contribution in [3.8, 4) is 0 Å². The minimum Gasteiger partial charge on any atom is -0.496 e. The van der Waals surface area contributed by atoms with Crippen LogP contribution in [0.2, 0.25) is 0 Å². The Labute approximate surface area is 135 Å². The van der Waals surface area contributed by atoms with Crippen molar-refractivity contribution < 1.29 is 9.53 Å². The molecule has 0 saturated carbocycles. The number of amides is 1. The summed E-state index contributed by atoms with van der Waals surface area (Å²) in [5.41, 5.74) is 0.949. The summed E-state index contributed by atoms with van der Waals surface area (Å²) < 4.78 is 5.46. The molecule has 0 spiro atoms. The van der Waals surface area contributed by atoms with Gasteiger partial charge in [0.2, 0.25) is 0 Å². The lowest BCUT2D eigenvalue weighted by atomic mass is 9.97. The molecule has 0 bridgehead atoms. The summed E-state index contributed by atoms with van der Waals surface area (Å²) in [6.45, 7) is 9.23. The highest BCUT2D eigenvalue weighted by molar-refractivity contribution is 8.04. The third-order valence-corrected chi connectivity index (χ3v) is 5.67. The molecule has 1 aromatic heterocycles. The first kappa shape index (κ1) is 16.4. The lowest BCUT2D eigenvalue weighted by Gasteiger charge is -2.19. The summed E-state index contributed by atoms with van der Waals surface area (Å²) in [4.78, 5) is 14.4. The summed E-state index contributed by atoms with van der Waals surface area (Å²) in [5.74, 6) is 2.63. The van der Waals surface area contributed by atoms with E-state index in [1.807, 2.05) is 18.4 Å². The highest BCUT2D eigenvalue weighted by atomic mass is 32.2. The van der Waals surface area contributed by atoms with E-state index in [9.17, 15) is 4.79 Å². The number of thiophene rings is 1. The van der Waals surface area contributed by atoms with Gasteiger partial charge in [-0.05, 0) is 36.6 Å². The van der Waals surface area contributed by atoms with Crippen LogP contribution in [0.15, 0.2) is 22.1 Å². The number of allylic oxidation sites excluding steroid dienone is 1. The molecule has 1 amide bonds. The zero-order valence-corrected chi connectivity index (χ0v) is 14.7. The summed E-state index contributed by atoms with van der Waals surface area (Å²) in [5, 5.41) is 5.11. The van der Waals surface area contributed by atoms with Crippen LogP contribution < -0.4 is 5.32 Å². The van der Waals surface area contributed by atoms with Gasteiger partial charge in [0.05, 0.1) is 12.3 Å². The van der Waals surface area contributed by atoms with Gasteiger partial charge in [0.15, 0.2) is 0 Å². The van der Waals surface area contributed by atoms with Crippen molar-refractivity contribution in [3.63, 3.8) is 0 Å². The molecule has 0 aromatic carbocycles.